The summed E-state index contributed by atoms with van der Waals surface area (Å²) < 4.78 is 0. The Kier molecular flexibility index (Phi) is 16.2. The molecule has 6 heteroatoms. The van der Waals surface area contributed by atoms with Crippen molar-refractivity contribution in [1.29, 1.82) is 0 Å². The van der Waals surface area contributed by atoms with E-state index in [1.54, 1.807) is 0 Å². The first-order valence-corrected chi connectivity index (χ1v) is 6.53. The van der Waals surface area contributed by atoms with Crippen LogP contribution in [0.3, 0.4) is 0 Å². The predicted molar refractivity (Wildman–Crippen MR) is 63.2 cm³/mol. The molecule has 0 amide bonds. The van der Waals surface area contributed by atoms with E-state index in [9.17, 15) is 9.59 Å². The van der Waals surface area contributed by atoms with Crippen LogP contribution in [0.15, 0.2) is 0 Å². The van der Waals surface area contributed by atoms with Gasteiger partial charge in [0.1, 0.15) is 0 Å². The quantitative estimate of drug-likeness (QED) is 0.558. The van der Waals surface area contributed by atoms with Gasteiger partial charge in [-0.05, 0) is 29.6 Å². The summed E-state index contributed by atoms with van der Waals surface area (Å²) in [6.07, 6.45) is 1.73. The van der Waals surface area contributed by atoms with Crippen LogP contribution in [0.2, 0.25) is 0 Å². The van der Waals surface area contributed by atoms with Crippen molar-refractivity contribution in [2.45, 2.75) is 19.3 Å². The summed E-state index contributed by atoms with van der Waals surface area (Å²) in [7, 11) is 0. The van der Waals surface area contributed by atoms with Gasteiger partial charge in [0.2, 0.25) is 10.5 Å². The first-order chi connectivity index (χ1) is 6.04. The van der Waals surface area contributed by atoms with Crippen LogP contribution in [0.5, 0.6) is 0 Å². The molecule has 0 saturated heterocycles. The minimum absolute atomic E-state index is 0.251. The minimum Gasteiger partial charge on any atom is -0.281 e. The van der Waals surface area contributed by atoms with Gasteiger partial charge in [0, 0.05) is 23.5 Å². The first-order valence-electron chi connectivity index (χ1n) is 3.53. The Hall–Kier alpha value is 0.880. The molecule has 78 valence electrons. The smallest absolute Gasteiger partial charge is 0.222 e. The Morgan fingerprint density at radius 2 is 1.38 bits per heavy atom. The number of carbonyl (C=O) groups excluding carboxylic acids is 2. The number of hydrogen-bond donors (Lipinski definition) is 0. The summed E-state index contributed by atoms with van der Waals surface area (Å²) in [5, 5.41) is 0.979. The highest BCUT2D eigenvalue weighted by Crippen LogP contribution is 1.96. The maximum absolute atomic E-state index is 9.95. The molecule has 0 heterocycles. The first kappa shape index (κ1) is 16.3. The van der Waals surface area contributed by atoms with E-state index in [2.05, 4.69) is 31.9 Å². The lowest BCUT2D eigenvalue weighted by Gasteiger charge is -1.83. The van der Waals surface area contributed by atoms with E-state index in [1.165, 1.54) is 0 Å². The maximum Gasteiger partial charge on any atom is 0.222 e. The van der Waals surface area contributed by atoms with Crippen LogP contribution in [0.1, 0.15) is 19.3 Å². The van der Waals surface area contributed by atoms with E-state index in [0.717, 1.165) is 11.8 Å². The molecule has 0 aliphatic carbocycles. The molecule has 0 atom stereocenters. The fourth-order valence-corrected chi connectivity index (χ4v) is 1.38. The van der Waals surface area contributed by atoms with E-state index >= 15 is 0 Å². The number of alkyl halides is 2. The average molecular weight is 357 g/mol. The molecule has 0 aromatic heterocycles. The van der Waals surface area contributed by atoms with Gasteiger partial charge in [-0.15, -0.1) is 0 Å². The summed E-state index contributed by atoms with van der Waals surface area (Å²) >= 11 is 16.1. The number of halogens is 4. The summed E-state index contributed by atoms with van der Waals surface area (Å²) in [6.45, 7) is 0. The SMILES string of the molecule is O=C(Cl)CCBr.O=C(Cl)CCCBr. The van der Waals surface area contributed by atoms with Gasteiger partial charge in [-0.1, -0.05) is 31.9 Å². The topological polar surface area (TPSA) is 34.1 Å². The zero-order valence-corrected chi connectivity index (χ0v) is 11.5. The zero-order valence-electron chi connectivity index (χ0n) is 6.86. The molecule has 0 N–H and O–H groups in total. The fourth-order valence-electron chi connectivity index (χ4n) is 0.280. The second kappa shape index (κ2) is 12.9. The summed E-state index contributed by atoms with van der Waals surface area (Å²) in [4.78, 5) is 19.7. The molecule has 0 aliphatic rings. The lowest BCUT2D eigenvalue weighted by atomic mass is 10.4. The molecule has 0 fully saturated rings. The molecule has 0 spiro atoms. The molecular formula is C7H10Br2Cl2O2. The standard InChI is InChI=1S/C4H6BrClO.C3H4BrClO/c5-3-1-2-4(6)7;4-2-1-3(5)6/h1-3H2;1-2H2. The molecule has 0 aromatic rings. The molecular weight excluding hydrogens is 347 g/mol. The van der Waals surface area contributed by atoms with E-state index < -0.39 is 0 Å². The highest BCUT2D eigenvalue weighted by atomic mass is 79.9. The van der Waals surface area contributed by atoms with Crippen LogP contribution < -0.4 is 0 Å². The van der Waals surface area contributed by atoms with Gasteiger partial charge in [-0.3, -0.25) is 9.59 Å². The Bertz CT molecular complexity index is 153. The van der Waals surface area contributed by atoms with Crippen LogP contribution in [-0.4, -0.2) is 21.1 Å². The van der Waals surface area contributed by atoms with Crippen molar-refractivity contribution in [3.05, 3.63) is 0 Å². The van der Waals surface area contributed by atoms with Crippen molar-refractivity contribution in [1.82, 2.24) is 0 Å². The lowest BCUT2D eigenvalue weighted by molar-refractivity contribution is -0.112. The largest absolute Gasteiger partial charge is 0.281 e. The van der Waals surface area contributed by atoms with Crippen molar-refractivity contribution in [3.8, 4) is 0 Å². The molecule has 0 saturated carbocycles. The van der Waals surface area contributed by atoms with Gasteiger partial charge in [-0.25, -0.2) is 0 Å². The third-order valence-corrected chi connectivity index (χ3v) is 2.13. The maximum atomic E-state index is 9.95. The van der Waals surface area contributed by atoms with E-state index in [1.807, 2.05) is 0 Å². The number of hydrogen-bond acceptors (Lipinski definition) is 2. The van der Waals surface area contributed by atoms with Gasteiger partial charge in [-0.2, -0.15) is 0 Å². The average Bonchev–Trinajstić information content (AvgIpc) is 2.01. The molecule has 13 heavy (non-hydrogen) atoms. The van der Waals surface area contributed by atoms with Crippen molar-refractivity contribution >= 4 is 65.5 Å². The zero-order chi connectivity index (χ0) is 10.7. The monoisotopic (exact) mass is 354 g/mol. The molecule has 0 radical (unpaired) electrons. The number of rotatable bonds is 5. The Balaban J connectivity index is 0. The molecule has 0 aliphatic heterocycles. The molecule has 0 rings (SSSR count). The normalized spacial score (nSPS) is 8.62. The molecule has 0 aromatic carbocycles. The summed E-state index contributed by atoms with van der Waals surface area (Å²) in [6, 6.07) is 0. The molecule has 0 bridgehead atoms. The summed E-state index contributed by atoms with van der Waals surface area (Å²) in [5.41, 5.74) is 0. The highest BCUT2D eigenvalue weighted by Gasteiger charge is 1.91. The molecule has 2 nitrogen and oxygen atoms in total. The predicted octanol–water partition coefficient (Wildman–Crippen LogP) is 3.46. The van der Waals surface area contributed by atoms with Crippen LogP contribution in [0.25, 0.3) is 0 Å². The van der Waals surface area contributed by atoms with Gasteiger partial charge in [0.15, 0.2) is 0 Å². The van der Waals surface area contributed by atoms with Crippen LogP contribution in [0, 0.1) is 0 Å². The number of carbonyl (C=O) groups is 2. The van der Waals surface area contributed by atoms with Crippen LogP contribution in [-0.2, 0) is 9.59 Å². The van der Waals surface area contributed by atoms with Crippen molar-refractivity contribution in [2.24, 2.45) is 0 Å². The van der Waals surface area contributed by atoms with Gasteiger partial charge in [0.05, 0.1) is 0 Å². The Labute approximate surface area is 105 Å². The van der Waals surface area contributed by atoms with Gasteiger partial charge in [0.25, 0.3) is 0 Å². The fraction of sp³-hybridized carbons (Fsp3) is 0.714. The lowest BCUT2D eigenvalue weighted by Crippen LogP contribution is -1.84. The Morgan fingerprint density at radius 3 is 1.46 bits per heavy atom. The van der Waals surface area contributed by atoms with E-state index in [4.69, 9.17) is 23.2 Å². The Morgan fingerprint density at radius 1 is 0.923 bits per heavy atom. The van der Waals surface area contributed by atoms with Crippen molar-refractivity contribution in [2.75, 3.05) is 10.7 Å². The summed E-state index contributed by atoms with van der Waals surface area (Å²) in [5.74, 6) is 0. The third-order valence-electron chi connectivity index (χ3n) is 0.798. The second-order valence-electron chi connectivity index (χ2n) is 1.94. The van der Waals surface area contributed by atoms with Crippen LogP contribution in [0.4, 0.5) is 0 Å². The van der Waals surface area contributed by atoms with Crippen molar-refractivity contribution < 1.29 is 9.59 Å². The van der Waals surface area contributed by atoms with E-state index in [-0.39, 0.29) is 10.5 Å². The molecule has 0 unspecified atom stereocenters. The van der Waals surface area contributed by atoms with Gasteiger partial charge >= 0.3 is 0 Å². The highest BCUT2D eigenvalue weighted by molar-refractivity contribution is 9.09. The van der Waals surface area contributed by atoms with E-state index in [0.29, 0.717) is 18.2 Å². The minimum atomic E-state index is -0.285. The van der Waals surface area contributed by atoms with Gasteiger partial charge < -0.3 is 0 Å². The third kappa shape index (κ3) is 24.6. The van der Waals surface area contributed by atoms with Crippen LogP contribution >= 0.6 is 55.1 Å². The second-order valence-corrected chi connectivity index (χ2v) is 4.37. The van der Waals surface area contributed by atoms with Crippen molar-refractivity contribution in [3.63, 3.8) is 0 Å².